The first-order chi connectivity index (χ1) is 7.59. The molecule has 2 N–H and O–H groups in total. The van der Waals surface area contributed by atoms with Gasteiger partial charge in [0.05, 0.1) is 17.2 Å². The SMILES string of the molecule is Cc1nc(C(=O)N(C)[C@@H]2CNC[C@H]2O)cs1. The molecule has 0 aromatic carbocycles. The smallest absolute Gasteiger partial charge is 0.273 e. The van der Waals surface area contributed by atoms with Crippen LogP contribution >= 0.6 is 11.3 Å². The van der Waals surface area contributed by atoms with Crippen molar-refractivity contribution >= 4 is 17.2 Å². The van der Waals surface area contributed by atoms with Gasteiger partial charge in [-0.1, -0.05) is 0 Å². The molecule has 5 nitrogen and oxygen atoms in total. The average Bonchev–Trinajstić information content (AvgIpc) is 2.85. The Kier molecular flexibility index (Phi) is 3.22. The number of aromatic nitrogens is 1. The summed E-state index contributed by atoms with van der Waals surface area (Å²) < 4.78 is 0. The van der Waals surface area contributed by atoms with E-state index in [4.69, 9.17) is 0 Å². The Balaban J connectivity index is 2.10. The monoisotopic (exact) mass is 241 g/mol. The van der Waals surface area contributed by atoms with Crippen LogP contribution in [-0.2, 0) is 0 Å². The second-order valence-corrected chi connectivity index (χ2v) is 5.02. The highest BCUT2D eigenvalue weighted by Gasteiger charge is 2.32. The van der Waals surface area contributed by atoms with Crippen LogP contribution in [0.2, 0.25) is 0 Å². The fourth-order valence-corrected chi connectivity index (χ4v) is 2.43. The molecule has 0 aliphatic carbocycles. The van der Waals surface area contributed by atoms with E-state index in [1.54, 1.807) is 17.3 Å². The van der Waals surface area contributed by atoms with Crippen LogP contribution in [0.25, 0.3) is 0 Å². The van der Waals surface area contributed by atoms with E-state index in [-0.39, 0.29) is 11.9 Å². The van der Waals surface area contributed by atoms with E-state index in [1.165, 1.54) is 11.3 Å². The van der Waals surface area contributed by atoms with E-state index in [9.17, 15) is 9.90 Å². The van der Waals surface area contributed by atoms with Crippen LogP contribution in [0.4, 0.5) is 0 Å². The molecule has 88 valence electrons. The summed E-state index contributed by atoms with van der Waals surface area (Å²) in [6.07, 6.45) is -0.492. The second-order valence-electron chi connectivity index (χ2n) is 3.96. The summed E-state index contributed by atoms with van der Waals surface area (Å²) in [5.41, 5.74) is 0.462. The average molecular weight is 241 g/mol. The molecular weight excluding hydrogens is 226 g/mol. The summed E-state index contributed by atoms with van der Waals surface area (Å²) in [7, 11) is 1.71. The van der Waals surface area contributed by atoms with Crippen molar-refractivity contribution in [1.29, 1.82) is 0 Å². The van der Waals surface area contributed by atoms with Crippen LogP contribution < -0.4 is 5.32 Å². The first-order valence-electron chi connectivity index (χ1n) is 5.17. The van der Waals surface area contributed by atoms with Gasteiger partial charge in [0.1, 0.15) is 5.69 Å². The Hall–Kier alpha value is -0.980. The minimum atomic E-state index is -0.492. The van der Waals surface area contributed by atoms with E-state index in [0.29, 0.717) is 18.8 Å². The molecule has 1 aliphatic heterocycles. The number of nitrogens with zero attached hydrogens (tertiary/aromatic N) is 2. The normalized spacial score (nSPS) is 24.7. The lowest BCUT2D eigenvalue weighted by atomic mass is 10.2. The molecule has 1 saturated heterocycles. The molecule has 0 unspecified atom stereocenters. The number of thiazole rings is 1. The number of hydrogen-bond donors (Lipinski definition) is 2. The number of aryl methyl sites for hydroxylation is 1. The molecule has 1 aliphatic rings. The molecule has 2 rings (SSSR count). The van der Waals surface area contributed by atoms with Crippen molar-refractivity contribution in [3.05, 3.63) is 16.1 Å². The number of carbonyl (C=O) groups excluding carboxylic acids is 1. The van der Waals surface area contributed by atoms with Crippen molar-refractivity contribution in [2.45, 2.75) is 19.1 Å². The molecule has 2 atom stereocenters. The van der Waals surface area contributed by atoms with Crippen LogP contribution in [0.15, 0.2) is 5.38 Å². The highest BCUT2D eigenvalue weighted by molar-refractivity contribution is 7.09. The van der Waals surface area contributed by atoms with Gasteiger partial charge in [-0.2, -0.15) is 0 Å². The molecule has 0 saturated carbocycles. The zero-order valence-corrected chi connectivity index (χ0v) is 10.1. The van der Waals surface area contributed by atoms with Gasteiger partial charge in [0, 0.05) is 25.5 Å². The summed E-state index contributed by atoms with van der Waals surface area (Å²) in [6, 6.07) is -0.158. The molecule has 1 aromatic rings. The molecule has 0 bridgehead atoms. The Morgan fingerprint density at radius 2 is 2.44 bits per heavy atom. The van der Waals surface area contributed by atoms with Crippen molar-refractivity contribution in [2.24, 2.45) is 0 Å². The number of aliphatic hydroxyl groups excluding tert-OH is 1. The molecule has 6 heteroatoms. The van der Waals surface area contributed by atoms with Crippen molar-refractivity contribution < 1.29 is 9.90 Å². The fraction of sp³-hybridized carbons (Fsp3) is 0.600. The van der Waals surface area contributed by atoms with Crippen LogP contribution in [0.5, 0.6) is 0 Å². The lowest BCUT2D eigenvalue weighted by Crippen LogP contribution is -2.44. The number of hydrogen-bond acceptors (Lipinski definition) is 5. The third kappa shape index (κ3) is 2.09. The molecule has 1 amide bonds. The van der Waals surface area contributed by atoms with Crippen molar-refractivity contribution in [3.63, 3.8) is 0 Å². The number of nitrogens with one attached hydrogen (secondary N) is 1. The predicted octanol–water partition coefficient (Wildman–Crippen LogP) is -0.144. The summed E-state index contributed by atoms with van der Waals surface area (Å²) in [5, 5.41) is 15.4. The quantitative estimate of drug-likeness (QED) is 0.756. The van der Waals surface area contributed by atoms with E-state index in [2.05, 4.69) is 10.3 Å². The number of carbonyl (C=O) groups is 1. The Morgan fingerprint density at radius 3 is 2.94 bits per heavy atom. The van der Waals surface area contributed by atoms with E-state index >= 15 is 0 Å². The maximum atomic E-state index is 12.0. The van der Waals surface area contributed by atoms with Crippen molar-refractivity contribution in [2.75, 3.05) is 20.1 Å². The number of aliphatic hydroxyl groups is 1. The maximum Gasteiger partial charge on any atom is 0.273 e. The van der Waals surface area contributed by atoms with Gasteiger partial charge in [-0.05, 0) is 6.92 Å². The summed E-state index contributed by atoms with van der Waals surface area (Å²) in [4.78, 5) is 17.7. The molecule has 16 heavy (non-hydrogen) atoms. The Morgan fingerprint density at radius 1 is 1.69 bits per heavy atom. The predicted molar refractivity (Wildman–Crippen MR) is 61.6 cm³/mol. The topological polar surface area (TPSA) is 65.5 Å². The van der Waals surface area contributed by atoms with Crippen LogP contribution in [0.3, 0.4) is 0 Å². The summed E-state index contributed by atoms with van der Waals surface area (Å²) >= 11 is 1.46. The van der Waals surface area contributed by atoms with E-state index in [1.807, 2.05) is 6.92 Å². The largest absolute Gasteiger partial charge is 0.390 e. The zero-order chi connectivity index (χ0) is 11.7. The van der Waals surface area contributed by atoms with Gasteiger partial charge in [0.2, 0.25) is 0 Å². The molecule has 0 radical (unpaired) electrons. The Labute approximate surface area is 98.1 Å². The van der Waals surface area contributed by atoms with Crippen molar-refractivity contribution in [1.82, 2.24) is 15.2 Å². The number of amides is 1. The minimum absolute atomic E-state index is 0.128. The van der Waals surface area contributed by atoms with Gasteiger partial charge in [0.15, 0.2) is 0 Å². The first kappa shape index (κ1) is 11.5. The number of rotatable bonds is 2. The lowest BCUT2D eigenvalue weighted by molar-refractivity contribution is 0.0576. The van der Waals surface area contributed by atoms with Crippen molar-refractivity contribution in [3.8, 4) is 0 Å². The van der Waals surface area contributed by atoms with Gasteiger partial charge >= 0.3 is 0 Å². The van der Waals surface area contributed by atoms with E-state index in [0.717, 1.165) is 5.01 Å². The summed E-state index contributed by atoms with van der Waals surface area (Å²) in [6.45, 7) is 3.04. The summed E-state index contributed by atoms with van der Waals surface area (Å²) in [5.74, 6) is -0.128. The van der Waals surface area contributed by atoms with E-state index < -0.39 is 6.10 Å². The van der Waals surface area contributed by atoms with Crippen LogP contribution in [0.1, 0.15) is 15.5 Å². The van der Waals surface area contributed by atoms with Gasteiger partial charge in [0.25, 0.3) is 5.91 Å². The third-order valence-corrected chi connectivity index (χ3v) is 3.58. The first-order valence-corrected chi connectivity index (χ1v) is 6.05. The highest BCUT2D eigenvalue weighted by atomic mass is 32.1. The minimum Gasteiger partial charge on any atom is -0.390 e. The Bertz CT molecular complexity index is 393. The molecular formula is C10H15N3O2S. The molecule has 1 aromatic heterocycles. The van der Waals surface area contributed by atoms with Crippen LogP contribution in [0, 0.1) is 6.92 Å². The fourth-order valence-electron chi connectivity index (χ4n) is 1.84. The zero-order valence-electron chi connectivity index (χ0n) is 9.30. The standard InChI is InChI=1S/C10H15N3O2S/c1-6-12-7(5-16-6)10(15)13(2)8-3-11-4-9(8)14/h5,8-9,11,14H,3-4H2,1-2H3/t8-,9-/m1/s1. The second kappa shape index (κ2) is 4.48. The number of β-amino-alcohol motifs (C(OH)–C–C–N with tert-alkyl or cyclic N) is 1. The number of likely N-dealkylation sites (N-methyl/N-ethyl adjacent to an activating group) is 1. The van der Waals surface area contributed by atoms with Gasteiger partial charge in [-0.3, -0.25) is 4.79 Å². The van der Waals surface area contributed by atoms with Crippen LogP contribution in [-0.4, -0.2) is 53.2 Å². The maximum absolute atomic E-state index is 12.0. The molecule has 1 fully saturated rings. The third-order valence-electron chi connectivity index (χ3n) is 2.81. The van der Waals surface area contributed by atoms with Gasteiger partial charge < -0.3 is 15.3 Å². The molecule has 0 spiro atoms. The highest BCUT2D eigenvalue weighted by Crippen LogP contribution is 2.14. The van der Waals surface area contributed by atoms with Gasteiger partial charge in [-0.15, -0.1) is 11.3 Å². The van der Waals surface area contributed by atoms with Gasteiger partial charge in [-0.25, -0.2) is 4.98 Å². The lowest BCUT2D eigenvalue weighted by Gasteiger charge is -2.25. The molecule has 2 heterocycles.